The van der Waals surface area contributed by atoms with Gasteiger partial charge in [0.1, 0.15) is 5.75 Å². The van der Waals surface area contributed by atoms with Crippen LogP contribution >= 0.6 is 11.6 Å². The lowest BCUT2D eigenvalue weighted by atomic mass is 9.80. The van der Waals surface area contributed by atoms with Crippen LogP contribution in [0.3, 0.4) is 0 Å². The summed E-state index contributed by atoms with van der Waals surface area (Å²) in [5.41, 5.74) is 1.02. The molecule has 2 N–H and O–H groups in total. The number of hydrogen-bond acceptors (Lipinski definition) is 3. The van der Waals surface area contributed by atoms with Gasteiger partial charge in [-0.3, -0.25) is 4.90 Å². The third-order valence-corrected chi connectivity index (χ3v) is 5.18. The second-order valence-corrected chi connectivity index (χ2v) is 6.77. The first-order chi connectivity index (χ1) is 10.3. The Kier molecular flexibility index (Phi) is 5.04. The third-order valence-electron chi connectivity index (χ3n) is 4.95. The largest absolute Gasteiger partial charge is 0.508 e. The Morgan fingerprint density at radius 3 is 2.57 bits per heavy atom. The van der Waals surface area contributed by atoms with Gasteiger partial charge in [0.2, 0.25) is 0 Å². The SMILES string of the molecule is Oc1ccc(Cl)cc1[C@@H](C1CCCCC1)N1CCNCC1. The lowest BCUT2D eigenvalue weighted by Gasteiger charge is -2.41. The first-order valence-electron chi connectivity index (χ1n) is 8.19. The molecule has 1 aromatic rings. The molecule has 1 saturated heterocycles. The molecule has 3 rings (SSSR count). The summed E-state index contributed by atoms with van der Waals surface area (Å²) in [6, 6.07) is 5.80. The maximum absolute atomic E-state index is 10.4. The molecule has 3 nitrogen and oxygen atoms in total. The Morgan fingerprint density at radius 2 is 1.86 bits per heavy atom. The van der Waals surface area contributed by atoms with Crippen molar-refractivity contribution in [3.05, 3.63) is 28.8 Å². The van der Waals surface area contributed by atoms with Crippen LogP contribution in [0, 0.1) is 5.92 Å². The molecule has 0 aromatic heterocycles. The zero-order valence-electron chi connectivity index (χ0n) is 12.5. The number of benzene rings is 1. The Morgan fingerprint density at radius 1 is 1.14 bits per heavy atom. The Bertz CT molecular complexity index is 450. The van der Waals surface area contributed by atoms with Gasteiger partial charge in [0, 0.05) is 42.8 Å². The standard InChI is InChI=1S/C17H25ClN2O/c18-14-6-7-16(21)15(12-14)17(13-4-2-1-3-5-13)20-10-8-19-9-11-20/h6-7,12-13,17,19,21H,1-5,8-11H2/t17-/m1/s1. The van der Waals surface area contributed by atoms with Gasteiger partial charge in [0.15, 0.2) is 0 Å². The van der Waals surface area contributed by atoms with E-state index in [1.807, 2.05) is 6.07 Å². The van der Waals surface area contributed by atoms with Gasteiger partial charge in [-0.25, -0.2) is 0 Å². The van der Waals surface area contributed by atoms with E-state index >= 15 is 0 Å². The number of halogens is 1. The van der Waals surface area contributed by atoms with E-state index in [9.17, 15) is 5.11 Å². The first kappa shape index (κ1) is 15.1. The van der Waals surface area contributed by atoms with Gasteiger partial charge in [-0.05, 0) is 37.0 Å². The van der Waals surface area contributed by atoms with Crippen LogP contribution in [-0.2, 0) is 0 Å². The van der Waals surface area contributed by atoms with Crippen LogP contribution in [0.25, 0.3) is 0 Å². The van der Waals surface area contributed by atoms with Gasteiger partial charge in [-0.1, -0.05) is 30.9 Å². The average molecular weight is 309 g/mol. The zero-order chi connectivity index (χ0) is 14.7. The highest BCUT2D eigenvalue weighted by molar-refractivity contribution is 6.30. The van der Waals surface area contributed by atoms with E-state index in [4.69, 9.17) is 11.6 Å². The smallest absolute Gasteiger partial charge is 0.120 e. The van der Waals surface area contributed by atoms with E-state index in [1.54, 1.807) is 12.1 Å². The molecule has 1 atom stereocenters. The van der Waals surface area contributed by atoms with Gasteiger partial charge >= 0.3 is 0 Å². The number of nitrogens with zero attached hydrogens (tertiary/aromatic N) is 1. The van der Waals surface area contributed by atoms with Crippen LogP contribution in [0.2, 0.25) is 5.02 Å². The van der Waals surface area contributed by atoms with Gasteiger partial charge in [0.05, 0.1) is 0 Å². The topological polar surface area (TPSA) is 35.5 Å². The normalized spacial score (nSPS) is 23.1. The minimum Gasteiger partial charge on any atom is -0.508 e. The molecule has 0 bridgehead atoms. The monoisotopic (exact) mass is 308 g/mol. The summed E-state index contributed by atoms with van der Waals surface area (Å²) in [4.78, 5) is 2.54. The van der Waals surface area contributed by atoms with Crippen LogP contribution in [0.15, 0.2) is 18.2 Å². The number of piperazine rings is 1. The van der Waals surface area contributed by atoms with Gasteiger partial charge in [-0.15, -0.1) is 0 Å². The van der Waals surface area contributed by atoms with Crippen LogP contribution in [0.1, 0.15) is 43.7 Å². The summed E-state index contributed by atoms with van der Waals surface area (Å²) in [7, 11) is 0. The second-order valence-electron chi connectivity index (χ2n) is 6.33. The summed E-state index contributed by atoms with van der Waals surface area (Å²) in [6.45, 7) is 4.16. The van der Waals surface area contributed by atoms with Gasteiger partial charge < -0.3 is 10.4 Å². The number of phenolic OH excluding ortho intramolecular Hbond substituents is 1. The molecule has 0 amide bonds. The van der Waals surface area contributed by atoms with E-state index in [1.165, 1.54) is 32.1 Å². The molecule has 1 aliphatic heterocycles. The van der Waals surface area contributed by atoms with E-state index in [0.29, 0.717) is 17.7 Å². The molecule has 0 radical (unpaired) electrons. The summed E-state index contributed by atoms with van der Waals surface area (Å²) in [6.07, 6.45) is 6.51. The molecule has 0 unspecified atom stereocenters. The zero-order valence-corrected chi connectivity index (χ0v) is 13.3. The predicted octanol–water partition coefficient (Wildman–Crippen LogP) is 3.57. The van der Waals surface area contributed by atoms with Crippen LogP contribution in [0.5, 0.6) is 5.75 Å². The minimum absolute atomic E-state index is 0.311. The highest BCUT2D eigenvalue weighted by atomic mass is 35.5. The molecule has 2 aliphatic rings. The van der Waals surface area contributed by atoms with E-state index in [2.05, 4.69) is 10.2 Å². The summed E-state index contributed by atoms with van der Waals surface area (Å²) in [5.74, 6) is 1.04. The molecular formula is C17H25ClN2O. The highest BCUT2D eigenvalue weighted by Crippen LogP contribution is 2.42. The molecule has 1 heterocycles. The van der Waals surface area contributed by atoms with Crippen molar-refractivity contribution < 1.29 is 5.11 Å². The molecule has 1 aliphatic carbocycles. The summed E-state index contributed by atoms with van der Waals surface area (Å²) < 4.78 is 0. The molecule has 2 fully saturated rings. The number of phenols is 1. The fourth-order valence-corrected chi connectivity index (χ4v) is 4.10. The fraction of sp³-hybridized carbons (Fsp3) is 0.647. The summed E-state index contributed by atoms with van der Waals surface area (Å²) in [5, 5.41) is 14.5. The number of aromatic hydroxyl groups is 1. The van der Waals surface area contributed by atoms with Crippen molar-refractivity contribution in [3.63, 3.8) is 0 Å². The molecule has 0 spiro atoms. The van der Waals surface area contributed by atoms with Crippen molar-refractivity contribution >= 4 is 11.6 Å². The molecule has 1 saturated carbocycles. The molecule has 21 heavy (non-hydrogen) atoms. The first-order valence-corrected chi connectivity index (χ1v) is 8.56. The lowest BCUT2D eigenvalue weighted by Crippen LogP contribution is -2.47. The number of nitrogens with one attached hydrogen (secondary N) is 1. The summed E-state index contributed by atoms with van der Waals surface area (Å²) >= 11 is 6.20. The van der Waals surface area contributed by atoms with Crippen molar-refractivity contribution in [2.24, 2.45) is 5.92 Å². The maximum Gasteiger partial charge on any atom is 0.120 e. The Balaban J connectivity index is 1.91. The second kappa shape index (κ2) is 6.99. The third kappa shape index (κ3) is 3.53. The van der Waals surface area contributed by atoms with Crippen LogP contribution in [-0.4, -0.2) is 36.2 Å². The van der Waals surface area contributed by atoms with Crippen LogP contribution < -0.4 is 5.32 Å². The number of hydrogen-bond donors (Lipinski definition) is 2. The molecular weight excluding hydrogens is 284 g/mol. The van der Waals surface area contributed by atoms with Crippen molar-refractivity contribution in [2.75, 3.05) is 26.2 Å². The predicted molar refractivity (Wildman–Crippen MR) is 86.9 cm³/mol. The maximum atomic E-state index is 10.4. The highest BCUT2D eigenvalue weighted by Gasteiger charge is 2.32. The van der Waals surface area contributed by atoms with Crippen molar-refractivity contribution in [2.45, 2.75) is 38.1 Å². The van der Waals surface area contributed by atoms with Gasteiger partial charge in [-0.2, -0.15) is 0 Å². The van der Waals surface area contributed by atoms with Crippen LogP contribution in [0.4, 0.5) is 0 Å². The minimum atomic E-state index is 0.311. The lowest BCUT2D eigenvalue weighted by molar-refractivity contribution is 0.101. The Labute approximate surface area is 132 Å². The van der Waals surface area contributed by atoms with Crippen molar-refractivity contribution in [1.82, 2.24) is 10.2 Å². The van der Waals surface area contributed by atoms with Crippen molar-refractivity contribution in [3.8, 4) is 5.75 Å². The van der Waals surface area contributed by atoms with E-state index < -0.39 is 0 Å². The van der Waals surface area contributed by atoms with E-state index in [-0.39, 0.29) is 0 Å². The number of rotatable bonds is 3. The molecule has 116 valence electrons. The fourth-order valence-electron chi connectivity index (χ4n) is 3.92. The Hall–Kier alpha value is -0.770. The van der Waals surface area contributed by atoms with E-state index in [0.717, 1.165) is 36.8 Å². The molecule has 1 aromatic carbocycles. The average Bonchev–Trinajstić information content (AvgIpc) is 2.53. The van der Waals surface area contributed by atoms with Crippen molar-refractivity contribution in [1.29, 1.82) is 0 Å². The molecule has 4 heteroatoms. The quantitative estimate of drug-likeness (QED) is 0.896. The van der Waals surface area contributed by atoms with Gasteiger partial charge in [0.25, 0.3) is 0 Å².